The number of piperidine rings is 2. The van der Waals surface area contributed by atoms with Gasteiger partial charge in [-0.1, -0.05) is 12.5 Å². The van der Waals surface area contributed by atoms with Gasteiger partial charge in [0.1, 0.15) is 24.1 Å². The predicted octanol–water partition coefficient (Wildman–Crippen LogP) is 1.38. The molecule has 3 amide bonds. The Morgan fingerprint density at radius 2 is 2.03 bits per heavy atom. The first-order valence-electron chi connectivity index (χ1n) is 13.6. The van der Waals surface area contributed by atoms with Crippen molar-refractivity contribution < 1.29 is 29.0 Å². The molecule has 3 saturated heterocycles. The zero-order chi connectivity index (χ0) is 26.6. The van der Waals surface area contributed by atoms with Gasteiger partial charge in [-0.25, -0.2) is 0 Å². The summed E-state index contributed by atoms with van der Waals surface area (Å²) in [5.41, 5.74) is 1.15. The lowest BCUT2D eigenvalue weighted by Crippen LogP contribution is -2.60. The number of nitrogens with zero attached hydrogens (tertiary/aromatic N) is 1. The molecule has 7 rings (SSSR count). The second-order valence-electron chi connectivity index (χ2n) is 11.3. The van der Waals surface area contributed by atoms with E-state index in [0.717, 1.165) is 43.0 Å². The van der Waals surface area contributed by atoms with E-state index in [9.17, 15) is 24.3 Å². The lowest BCUT2D eigenvalue weighted by Gasteiger charge is -2.47. The molecule has 2 bridgehead atoms. The molecule has 2 aliphatic carbocycles. The predicted molar refractivity (Wildman–Crippen MR) is 137 cm³/mol. The van der Waals surface area contributed by atoms with Crippen molar-refractivity contribution in [2.24, 2.45) is 23.7 Å². The van der Waals surface area contributed by atoms with Crippen molar-refractivity contribution in [2.45, 2.75) is 56.7 Å². The molecule has 5 fully saturated rings. The van der Waals surface area contributed by atoms with E-state index in [0.29, 0.717) is 18.0 Å². The summed E-state index contributed by atoms with van der Waals surface area (Å²) in [4.78, 5) is 57.6. The molecule has 10 nitrogen and oxygen atoms in total. The van der Waals surface area contributed by atoms with Gasteiger partial charge in [-0.3, -0.25) is 19.2 Å². The van der Waals surface area contributed by atoms with Crippen LogP contribution in [-0.2, 0) is 14.4 Å². The molecule has 4 heterocycles. The van der Waals surface area contributed by atoms with Crippen molar-refractivity contribution in [2.75, 3.05) is 20.3 Å². The van der Waals surface area contributed by atoms with Crippen molar-refractivity contribution >= 4 is 34.4 Å². The van der Waals surface area contributed by atoms with Crippen molar-refractivity contribution in [3.8, 4) is 5.75 Å². The zero-order valence-corrected chi connectivity index (χ0v) is 21.4. The topological polar surface area (TPSA) is 141 Å². The van der Waals surface area contributed by atoms with E-state index in [2.05, 4.69) is 15.6 Å². The van der Waals surface area contributed by atoms with Gasteiger partial charge in [0.25, 0.3) is 5.91 Å². The van der Waals surface area contributed by atoms with E-state index in [1.54, 1.807) is 18.1 Å². The lowest BCUT2D eigenvalue weighted by molar-refractivity contribution is -0.139. The number of carbonyl (C=O) groups excluding carboxylic acids is 4. The molecule has 2 saturated carbocycles. The molecular weight excluding hydrogens is 488 g/mol. The third-order valence-corrected chi connectivity index (χ3v) is 9.27. The number of nitrogens with one attached hydrogen (secondary N) is 3. The number of fused-ring (bicyclic) bond motifs is 4. The number of likely N-dealkylation sites (tertiary alicyclic amines) is 1. The third kappa shape index (κ3) is 4.15. The van der Waals surface area contributed by atoms with Crippen LogP contribution in [0.3, 0.4) is 0 Å². The van der Waals surface area contributed by atoms with E-state index in [1.165, 1.54) is 0 Å². The van der Waals surface area contributed by atoms with Gasteiger partial charge in [0, 0.05) is 29.4 Å². The Balaban J connectivity index is 1.24. The molecule has 0 unspecified atom stereocenters. The first kappa shape index (κ1) is 24.9. The van der Waals surface area contributed by atoms with Gasteiger partial charge < -0.3 is 30.4 Å². The van der Waals surface area contributed by atoms with Crippen molar-refractivity contribution in [3.63, 3.8) is 0 Å². The van der Waals surface area contributed by atoms with Crippen molar-refractivity contribution in [3.05, 3.63) is 30.0 Å². The number of ether oxygens (including phenoxy) is 1. The number of aromatic amines is 1. The summed E-state index contributed by atoms with van der Waals surface area (Å²) in [7, 11) is 1.58. The summed E-state index contributed by atoms with van der Waals surface area (Å²) in [5.74, 6) is -0.569. The Hall–Kier alpha value is -3.40. The van der Waals surface area contributed by atoms with Crippen molar-refractivity contribution in [1.82, 2.24) is 20.5 Å². The number of benzene rings is 1. The molecule has 1 aromatic carbocycles. The number of ketones is 1. The Labute approximate surface area is 220 Å². The van der Waals surface area contributed by atoms with E-state index in [4.69, 9.17) is 4.74 Å². The van der Waals surface area contributed by atoms with Gasteiger partial charge >= 0.3 is 0 Å². The van der Waals surface area contributed by atoms with E-state index in [1.807, 2.05) is 18.2 Å². The van der Waals surface area contributed by atoms with Gasteiger partial charge in [-0.2, -0.15) is 0 Å². The van der Waals surface area contributed by atoms with Crippen molar-refractivity contribution in [1.29, 1.82) is 0 Å². The molecule has 1 aromatic heterocycles. The van der Waals surface area contributed by atoms with Gasteiger partial charge in [0.05, 0.1) is 13.2 Å². The third-order valence-electron chi connectivity index (χ3n) is 9.27. The standard InChI is InChI=1S/C28H34N4O6/c1-38-24-7-3-6-20-19(24)11-22(30-20)28(37)32-12-14-4-2-5-17(14)25(32)27(36)31-21(23(34)13-33)10-18-15-8-16(9-15)29-26(18)35/h3,6-7,11,14-18,21,25,30,33H,2,4-5,8-10,12-13H2,1H3,(H,29,35)(H,31,36)/t14-,15?,16?,17-,18+,21-,25-/m0/s1. The fraction of sp³-hybridized carbons (Fsp3) is 0.571. The summed E-state index contributed by atoms with van der Waals surface area (Å²) < 4.78 is 5.43. The smallest absolute Gasteiger partial charge is 0.271 e. The maximum atomic E-state index is 13.8. The van der Waals surface area contributed by atoms with Crippen LogP contribution in [0.5, 0.6) is 5.75 Å². The molecule has 10 heteroatoms. The minimum Gasteiger partial charge on any atom is -0.496 e. The molecule has 2 aromatic rings. The minimum absolute atomic E-state index is 0.00751. The maximum absolute atomic E-state index is 13.8. The molecular formula is C28H34N4O6. The van der Waals surface area contributed by atoms with Crippen LogP contribution < -0.4 is 15.4 Å². The number of carbonyl (C=O) groups is 4. The Morgan fingerprint density at radius 1 is 1.21 bits per heavy atom. The van der Waals surface area contributed by atoms with Gasteiger partial charge in [0.15, 0.2) is 5.78 Å². The number of hydrogen-bond donors (Lipinski definition) is 4. The Kier molecular flexibility index (Phi) is 6.37. The van der Waals surface area contributed by atoms with E-state index < -0.39 is 30.4 Å². The maximum Gasteiger partial charge on any atom is 0.271 e. The average Bonchev–Trinajstić information content (AvgIpc) is 3.61. The highest BCUT2D eigenvalue weighted by Crippen LogP contribution is 2.44. The molecule has 5 aliphatic rings. The number of aromatic nitrogens is 1. The molecule has 202 valence electrons. The molecule has 4 N–H and O–H groups in total. The fourth-order valence-electron chi connectivity index (χ4n) is 7.25. The summed E-state index contributed by atoms with van der Waals surface area (Å²) in [6, 6.07) is 5.82. The zero-order valence-electron chi connectivity index (χ0n) is 21.4. The number of methoxy groups -OCH3 is 1. The van der Waals surface area contributed by atoms with Crippen LogP contribution in [0.25, 0.3) is 10.9 Å². The van der Waals surface area contributed by atoms with Crippen LogP contribution in [0.15, 0.2) is 24.3 Å². The lowest BCUT2D eigenvalue weighted by atomic mass is 9.66. The number of Topliss-reactive ketones (excluding diaryl/α,β-unsaturated/α-hetero) is 1. The monoisotopic (exact) mass is 522 g/mol. The van der Waals surface area contributed by atoms with Crippen LogP contribution in [-0.4, -0.2) is 76.9 Å². The van der Waals surface area contributed by atoms with Crippen LogP contribution >= 0.6 is 0 Å². The quantitative estimate of drug-likeness (QED) is 0.413. The number of hydrogen-bond acceptors (Lipinski definition) is 6. The first-order valence-corrected chi connectivity index (χ1v) is 13.6. The highest BCUT2D eigenvalue weighted by molar-refractivity contribution is 6.02. The van der Waals surface area contributed by atoms with Gasteiger partial charge in [-0.05, 0) is 68.1 Å². The normalized spacial score (nSPS) is 30.4. The Morgan fingerprint density at radius 3 is 2.76 bits per heavy atom. The number of H-pyrrole nitrogens is 1. The number of aliphatic hydroxyl groups excluding tert-OH is 1. The number of rotatable bonds is 8. The highest BCUT2D eigenvalue weighted by Gasteiger charge is 2.51. The highest BCUT2D eigenvalue weighted by atomic mass is 16.5. The number of aliphatic hydroxyl groups is 1. The van der Waals surface area contributed by atoms with E-state index >= 15 is 0 Å². The second-order valence-corrected chi connectivity index (χ2v) is 11.3. The summed E-state index contributed by atoms with van der Waals surface area (Å²) in [6.07, 6.45) is 4.70. The van der Waals surface area contributed by atoms with Crippen LogP contribution in [0.4, 0.5) is 0 Å². The molecule has 38 heavy (non-hydrogen) atoms. The van der Waals surface area contributed by atoms with Crippen LogP contribution in [0.1, 0.15) is 49.0 Å². The van der Waals surface area contributed by atoms with Crippen LogP contribution in [0.2, 0.25) is 0 Å². The fourth-order valence-corrected chi connectivity index (χ4v) is 7.25. The summed E-state index contributed by atoms with van der Waals surface area (Å²) >= 11 is 0. The molecule has 5 atom stereocenters. The van der Waals surface area contributed by atoms with Crippen LogP contribution in [0, 0.1) is 23.7 Å². The largest absolute Gasteiger partial charge is 0.496 e. The summed E-state index contributed by atoms with van der Waals surface area (Å²) in [6.45, 7) is -0.246. The second kappa shape index (κ2) is 9.72. The van der Waals surface area contributed by atoms with Gasteiger partial charge in [0.2, 0.25) is 11.8 Å². The summed E-state index contributed by atoms with van der Waals surface area (Å²) in [5, 5.41) is 16.2. The number of amides is 3. The molecule has 0 radical (unpaired) electrons. The SMILES string of the molecule is COc1cccc2[nH]c(C(=O)N3C[C@@H]4CCC[C@@H]4[C@H]3C(=O)N[C@@H](C[C@H]3C(=O)NC4CC3C4)C(=O)CO)cc12. The first-order chi connectivity index (χ1) is 18.4. The average molecular weight is 523 g/mol. The molecule has 3 aliphatic heterocycles. The van der Waals surface area contributed by atoms with E-state index in [-0.39, 0.29) is 47.9 Å². The van der Waals surface area contributed by atoms with Gasteiger partial charge in [-0.15, -0.1) is 0 Å². The minimum atomic E-state index is -0.977. The Bertz CT molecular complexity index is 1280. The molecule has 0 spiro atoms.